The second-order valence-electron chi connectivity index (χ2n) is 15.1. The molecule has 2 saturated heterocycles. The summed E-state index contributed by atoms with van der Waals surface area (Å²) >= 11 is 0. The first-order valence-electron chi connectivity index (χ1n) is 15.9. The van der Waals surface area contributed by atoms with Crippen LogP contribution < -0.4 is 43.5 Å². The Hall–Kier alpha value is -1.95. The summed E-state index contributed by atoms with van der Waals surface area (Å²) in [6.07, 6.45) is 2.47. The zero-order valence-corrected chi connectivity index (χ0v) is 29.6. The molecule has 1 N–H and O–H groups in total. The van der Waals surface area contributed by atoms with Crippen LogP contribution in [0.3, 0.4) is 0 Å². The van der Waals surface area contributed by atoms with Gasteiger partial charge in [-0.2, -0.15) is 0 Å². The van der Waals surface area contributed by atoms with Crippen molar-refractivity contribution in [1.29, 1.82) is 0 Å². The Labute approximate surface area is 279 Å². The van der Waals surface area contributed by atoms with Gasteiger partial charge in [-0.25, -0.2) is 0 Å². The lowest BCUT2D eigenvalue weighted by Crippen LogP contribution is -3.00. The van der Waals surface area contributed by atoms with Crippen LogP contribution in [0, 0.1) is 0 Å². The monoisotopic (exact) mass is 725 g/mol. The number of piperidine rings is 1. The summed E-state index contributed by atoms with van der Waals surface area (Å²) in [5, 5.41) is 15.2. The van der Waals surface area contributed by atoms with Crippen molar-refractivity contribution >= 4 is 18.7 Å². The van der Waals surface area contributed by atoms with Crippen molar-refractivity contribution < 1.29 is 52.2 Å². The molecule has 0 amide bonds. The fourth-order valence-corrected chi connectivity index (χ4v) is 14.2. The van der Waals surface area contributed by atoms with Crippen molar-refractivity contribution in [3.8, 4) is 11.5 Å². The van der Waals surface area contributed by atoms with Gasteiger partial charge < -0.3 is 52.2 Å². The van der Waals surface area contributed by atoms with Gasteiger partial charge in [-0.05, 0) is 33.5 Å². The molecule has 3 aromatic carbocycles. The average molecular weight is 726 g/mol. The number of rotatable bonds is 4. The summed E-state index contributed by atoms with van der Waals surface area (Å²) in [4.78, 5) is 0. The Morgan fingerprint density at radius 2 is 1.48 bits per heavy atom. The molecule has 4 atom stereocenters. The maximum atomic E-state index is 13.0. The van der Waals surface area contributed by atoms with Crippen LogP contribution >= 0.6 is 0 Å². The van der Waals surface area contributed by atoms with Gasteiger partial charge in [-0.1, -0.05) is 87.5 Å². The molecule has 2 aliphatic carbocycles. The fourth-order valence-electron chi connectivity index (χ4n) is 9.78. The van der Waals surface area contributed by atoms with Crippen molar-refractivity contribution in [2.45, 2.75) is 80.4 Å². The molecular formula is C36H44INO5Si. The number of quaternary nitrogens is 1. The minimum atomic E-state index is -2.92. The lowest BCUT2D eigenvalue weighted by molar-refractivity contribution is -0.932. The van der Waals surface area contributed by atoms with Gasteiger partial charge in [0, 0.05) is 24.8 Å². The molecule has 3 unspecified atom stereocenters. The first kappa shape index (κ1) is 30.7. The second-order valence-corrected chi connectivity index (χ2v) is 19.3. The molecule has 3 aliphatic heterocycles. The first-order chi connectivity index (χ1) is 20.5. The Kier molecular flexibility index (Phi) is 6.99. The van der Waals surface area contributed by atoms with E-state index in [1.165, 1.54) is 15.9 Å². The van der Waals surface area contributed by atoms with Crippen molar-refractivity contribution in [1.82, 2.24) is 0 Å². The largest absolute Gasteiger partial charge is 1.00 e. The molecular weight excluding hydrogens is 681 g/mol. The summed E-state index contributed by atoms with van der Waals surface area (Å²) in [5.41, 5.74) is 0.878. The van der Waals surface area contributed by atoms with E-state index in [9.17, 15) is 5.11 Å². The number of fused-ring (bicyclic) bond motifs is 1. The molecule has 8 heteroatoms. The number of hydrogen-bond acceptors (Lipinski definition) is 5. The number of halogens is 1. The van der Waals surface area contributed by atoms with E-state index in [2.05, 4.69) is 108 Å². The molecule has 3 fully saturated rings. The molecule has 2 bridgehead atoms. The fraction of sp³-hybridized carbons (Fsp3) is 0.500. The van der Waals surface area contributed by atoms with E-state index in [1.54, 1.807) is 0 Å². The molecule has 6 nitrogen and oxygen atoms in total. The summed E-state index contributed by atoms with van der Waals surface area (Å²) in [5.74, 6) is 0.707. The minimum absolute atomic E-state index is 0. The van der Waals surface area contributed by atoms with Crippen molar-refractivity contribution in [2.24, 2.45) is 0 Å². The minimum Gasteiger partial charge on any atom is -1.00 e. The summed E-state index contributed by atoms with van der Waals surface area (Å²) < 4.78 is 28.5. The Bertz CT molecular complexity index is 1530. The van der Waals surface area contributed by atoms with Crippen molar-refractivity contribution in [3.63, 3.8) is 0 Å². The quantitative estimate of drug-likeness (QED) is 0.250. The number of likely N-dealkylation sites (N-methyl/N-ethyl adjacent to an activating group) is 1. The lowest BCUT2D eigenvalue weighted by atomic mass is 9.47. The molecule has 0 radical (unpaired) electrons. The lowest BCUT2D eigenvalue weighted by Gasteiger charge is -2.65. The number of nitrogens with zero attached hydrogens (tertiary/aromatic N) is 1. The maximum Gasteiger partial charge on any atom is 0.320 e. The number of hydrogen-bond donors (Lipinski definition) is 1. The number of ether oxygens (including phenoxy) is 3. The van der Waals surface area contributed by atoms with Gasteiger partial charge >= 0.3 is 8.32 Å². The SMILES string of the molecule is CC(C)(C)[Si](Oc1ccc2c3c1OC1C4(CC[C@@]5(O)C(C2)[N+](C)(C)CCC315)OCCO4)(c1ccccc1)c1ccccc1.[I-]. The molecule has 0 aromatic heterocycles. The van der Waals surface area contributed by atoms with Gasteiger partial charge in [0.15, 0.2) is 11.9 Å². The maximum absolute atomic E-state index is 13.0. The van der Waals surface area contributed by atoms with Gasteiger partial charge in [0.2, 0.25) is 5.79 Å². The molecule has 5 aliphatic rings. The van der Waals surface area contributed by atoms with Gasteiger partial charge in [0.25, 0.3) is 0 Å². The first-order valence-corrected chi connectivity index (χ1v) is 17.9. The molecule has 3 heterocycles. The summed E-state index contributed by atoms with van der Waals surface area (Å²) in [6, 6.07) is 26.0. The smallest absolute Gasteiger partial charge is 0.320 e. The van der Waals surface area contributed by atoms with Crippen molar-refractivity contribution in [2.75, 3.05) is 33.9 Å². The number of benzene rings is 3. The third-order valence-electron chi connectivity index (χ3n) is 11.7. The van der Waals surface area contributed by atoms with E-state index in [0.717, 1.165) is 40.9 Å². The second kappa shape index (κ2) is 10.0. The van der Waals surface area contributed by atoms with Gasteiger partial charge in [0.1, 0.15) is 17.4 Å². The van der Waals surface area contributed by atoms with Crippen LogP contribution in [-0.2, 0) is 21.3 Å². The van der Waals surface area contributed by atoms with Crippen LogP contribution in [0.5, 0.6) is 11.5 Å². The Morgan fingerprint density at radius 3 is 2.07 bits per heavy atom. The summed E-state index contributed by atoms with van der Waals surface area (Å²) in [7, 11) is 1.63. The third kappa shape index (κ3) is 3.78. The highest BCUT2D eigenvalue weighted by molar-refractivity contribution is 7.00. The molecule has 1 saturated carbocycles. The third-order valence-corrected chi connectivity index (χ3v) is 16.6. The van der Waals surface area contributed by atoms with Crippen LogP contribution in [0.15, 0.2) is 72.8 Å². The standard InChI is InChI=1S/C36H44NO5Si.HI/c1-33(2,3)43(26-12-8-6-9-13-26,27-14-10-7-11-15-27)42-28-17-16-25-24-29-35(38)18-19-36(39-22-23-40-36)32-34(35,20-21-37(29,4)5)30(25)31(28)41-32;/h6-17,29,32,38H,18-24H2,1-5H3;1H/q+1;/p-1/t29?,32?,34?,35-;/m1./s1. The number of likely N-dealkylation sites (tertiary alicyclic amines) is 1. The van der Waals surface area contributed by atoms with E-state index in [1.807, 2.05) is 0 Å². The van der Waals surface area contributed by atoms with Crippen molar-refractivity contribution in [3.05, 3.63) is 83.9 Å². The predicted octanol–water partition coefficient (Wildman–Crippen LogP) is 1.30. The van der Waals surface area contributed by atoms with Crippen LogP contribution in [-0.4, -0.2) is 75.3 Å². The van der Waals surface area contributed by atoms with E-state index in [-0.39, 0.29) is 35.1 Å². The Balaban J connectivity index is 0.00000312. The van der Waals surface area contributed by atoms with Gasteiger partial charge in [0.05, 0.1) is 39.3 Å². The number of aliphatic hydroxyl groups is 1. The van der Waals surface area contributed by atoms with E-state index in [0.29, 0.717) is 26.1 Å². The highest BCUT2D eigenvalue weighted by Crippen LogP contribution is 2.68. The molecule has 234 valence electrons. The van der Waals surface area contributed by atoms with Crippen LogP contribution in [0.4, 0.5) is 0 Å². The average Bonchev–Trinajstić information content (AvgIpc) is 3.61. The highest BCUT2D eigenvalue weighted by Gasteiger charge is 2.79. The topological polar surface area (TPSA) is 57.2 Å². The van der Waals surface area contributed by atoms with Crippen LogP contribution in [0.1, 0.15) is 51.2 Å². The van der Waals surface area contributed by atoms with E-state index in [4.69, 9.17) is 18.6 Å². The van der Waals surface area contributed by atoms with Crippen LogP contribution in [0.2, 0.25) is 5.04 Å². The zero-order valence-electron chi connectivity index (χ0n) is 26.4. The van der Waals surface area contributed by atoms with Gasteiger partial charge in [-0.15, -0.1) is 0 Å². The molecule has 3 aromatic rings. The Morgan fingerprint density at radius 1 is 0.864 bits per heavy atom. The highest BCUT2D eigenvalue weighted by atomic mass is 127. The molecule has 2 spiro atoms. The van der Waals surface area contributed by atoms with Gasteiger partial charge in [-0.3, -0.25) is 0 Å². The predicted molar refractivity (Wildman–Crippen MR) is 169 cm³/mol. The van der Waals surface area contributed by atoms with E-state index < -0.39 is 31.2 Å². The molecule has 8 rings (SSSR count). The zero-order chi connectivity index (χ0) is 29.9. The molecule has 44 heavy (non-hydrogen) atoms. The normalized spacial score (nSPS) is 30.7. The van der Waals surface area contributed by atoms with E-state index >= 15 is 0 Å². The summed E-state index contributed by atoms with van der Waals surface area (Å²) in [6.45, 7) is 8.96. The van der Waals surface area contributed by atoms with Crippen LogP contribution in [0.25, 0.3) is 0 Å².